The van der Waals surface area contributed by atoms with Crippen molar-refractivity contribution in [3.63, 3.8) is 0 Å². The van der Waals surface area contributed by atoms with Gasteiger partial charge in [-0.1, -0.05) is 24.6 Å². The zero-order valence-electron chi connectivity index (χ0n) is 29.6. The number of alkyl halides is 2. The molecule has 9 nitrogen and oxygen atoms in total. The maximum atomic E-state index is 13.9. The Hall–Kier alpha value is -4.38. The second-order valence-electron chi connectivity index (χ2n) is 15.0. The molecule has 0 bridgehead atoms. The van der Waals surface area contributed by atoms with E-state index in [0.29, 0.717) is 28.8 Å². The molecule has 4 aromatic rings. The van der Waals surface area contributed by atoms with Crippen LogP contribution in [0.15, 0.2) is 48.8 Å². The molecule has 1 saturated heterocycles. The van der Waals surface area contributed by atoms with Crippen LogP contribution in [0.1, 0.15) is 93.7 Å². The molecule has 0 radical (unpaired) electrons. The van der Waals surface area contributed by atoms with Crippen LogP contribution in [-0.4, -0.2) is 69.4 Å². The van der Waals surface area contributed by atoms with Crippen molar-refractivity contribution < 1.29 is 18.4 Å². The van der Waals surface area contributed by atoms with Gasteiger partial charge in [-0.3, -0.25) is 9.59 Å². The number of hydrogen-bond acceptors (Lipinski definition) is 6. The van der Waals surface area contributed by atoms with Crippen LogP contribution in [0.2, 0.25) is 0 Å². The van der Waals surface area contributed by atoms with Gasteiger partial charge in [0.05, 0.1) is 23.0 Å². The van der Waals surface area contributed by atoms with E-state index in [-0.39, 0.29) is 24.5 Å². The first-order valence-electron chi connectivity index (χ1n) is 18.0. The summed E-state index contributed by atoms with van der Waals surface area (Å²) in [5.74, 6) is 0.329. The fourth-order valence-corrected chi connectivity index (χ4v) is 7.82. The Kier molecular flexibility index (Phi) is 9.13. The number of amides is 2. The van der Waals surface area contributed by atoms with Gasteiger partial charge in [-0.2, -0.15) is 0 Å². The van der Waals surface area contributed by atoms with Gasteiger partial charge in [-0.05, 0) is 109 Å². The van der Waals surface area contributed by atoms with E-state index in [1.54, 1.807) is 6.07 Å². The largest absolute Gasteiger partial charge is 0.352 e. The highest BCUT2D eigenvalue weighted by atomic mass is 19.3. The molecule has 3 aliphatic rings. The molecule has 4 heterocycles. The topological polar surface area (TPSA) is 95.4 Å². The van der Waals surface area contributed by atoms with E-state index in [1.165, 1.54) is 19.3 Å². The van der Waals surface area contributed by atoms with Crippen LogP contribution < -0.4 is 15.5 Å². The Morgan fingerprint density at radius 2 is 1.78 bits per heavy atom. The van der Waals surface area contributed by atoms with E-state index in [2.05, 4.69) is 51.0 Å². The zero-order chi connectivity index (χ0) is 35.3. The molecule has 1 aliphatic carbocycles. The second kappa shape index (κ2) is 13.4. The van der Waals surface area contributed by atoms with Crippen molar-refractivity contribution in [3.05, 3.63) is 65.5 Å². The average molecular weight is 684 g/mol. The van der Waals surface area contributed by atoms with E-state index in [1.807, 2.05) is 51.4 Å². The second-order valence-corrected chi connectivity index (χ2v) is 15.0. The van der Waals surface area contributed by atoms with Crippen LogP contribution in [0, 0.1) is 6.92 Å². The highest BCUT2D eigenvalue weighted by Crippen LogP contribution is 2.48. The number of piperidine rings is 1. The molecule has 0 spiro atoms. The summed E-state index contributed by atoms with van der Waals surface area (Å²) in [6, 6.07) is 14.5. The molecule has 264 valence electrons. The first-order valence-corrected chi connectivity index (χ1v) is 18.0. The maximum absolute atomic E-state index is 13.9. The third-order valence-corrected chi connectivity index (χ3v) is 10.8. The number of rotatable bonds is 10. The van der Waals surface area contributed by atoms with Crippen molar-refractivity contribution in [2.45, 2.75) is 103 Å². The molecule has 1 saturated carbocycles. The predicted molar refractivity (Wildman–Crippen MR) is 194 cm³/mol. The number of pyridine rings is 1. The smallest absolute Gasteiger partial charge is 0.251 e. The molecule has 2 N–H and O–H groups in total. The number of nitrogens with one attached hydrogen (secondary N) is 2. The van der Waals surface area contributed by atoms with Gasteiger partial charge in [0.15, 0.2) is 5.82 Å². The molecule has 50 heavy (non-hydrogen) atoms. The summed E-state index contributed by atoms with van der Waals surface area (Å²) in [5, 5.41) is 6.05. The van der Waals surface area contributed by atoms with E-state index < -0.39 is 24.2 Å². The summed E-state index contributed by atoms with van der Waals surface area (Å²) in [4.78, 5) is 41.4. The summed E-state index contributed by atoms with van der Waals surface area (Å²) in [7, 11) is 0. The lowest BCUT2D eigenvalue weighted by Crippen LogP contribution is -2.57. The molecule has 2 amide bonds. The van der Waals surface area contributed by atoms with Crippen LogP contribution >= 0.6 is 0 Å². The number of aromatic nitrogens is 3. The Morgan fingerprint density at radius 3 is 2.50 bits per heavy atom. The normalized spacial score (nSPS) is 20.4. The first kappa shape index (κ1) is 34.1. The third-order valence-electron chi connectivity index (χ3n) is 10.8. The van der Waals surface area contributed by atoms with E-state index >= 15 is 0 Å². The zero-order valence-corrected chi connectivity index (χ0v) is 29.6. The Balaban J connectivity index is 1.22. The Labute approximate surface area is 292 Å². The Bertz CT molecular complexity index is 1920. The van der Waals surface area contributed by atoms with Crippen LogP contribution in [-0.2, 0) is 10.2 Å². The van der Waals surface area contributed by atoms with Gasteiger partial charge >= 0.3 is 0 Å². The predicted octanol–water partition coefficient (Wildman–Crippen LogP) is 7.76. The molecule has 2 aliphatic heterocycles. The molecule has 7 rings (SSSR count). The van der Waals surface area contributed by atoms with Crippen LogP contribution in [0.4, 0.5) is 26.0 Å². The molecule has 2 fully saturated rings. The molecular formula is C39H47F2N7O2. The van der Waals surface area contributed by atoms with Crippen LogP contribution in [0.5, 0.6) is 0 Å². The molecule has 2 aromatic heterocycles. The van der Waals surface area contributed by atoms with E-state index in [4.69, 9.17) is 9.97 Å². The van der Waals surface area contributed by atoms with Crippen molar-refractivity contribution in [1.29, 1.82) is 0 Å². The molecule has 11 heteroatoms. The SMILES string of the molecule is Cc1ccc(Nc2nc(-c3ccc4c(c3)N([C@H]3C[C@@H](N5CCCCC5)C3)C(=O)C4(C)C)cc3ncn(C(C)C)c23)cc1C(=O)NCCC(F)F. The van der Waals surface area contributed by atoms with Crippen molar-refractivity contribution in [1.82, 2.24) is 24.8 Å². The molecule has 0 unspecified atom stereocenters. The number of nitrogens with zero attached hydrogens (tertiary/aromatic N) is 5. The van der Waals surface area contributed by atoms with Gasteiger partial charge in [0.1, 0.15) is 5.52 Å². The number of hydrogen-bond donors (Lipinski definition) is 2. The highest BCUT2D eigenvalue weighted by Gasteiger charge is 2.50. The minimum absolute atomic E-state index is 0.105. The summed E-state index contributed by atoms with van der Waals surface area (Å²) >= 11 is 0. The van der Waals surface area contributed by atoms with Gasteiger partial charge in [0.25, 0.3) is 5.91 Å². The van der Waals surface area contributed by atoms with Gasteiger partial charge in [-0.25, -0.2) is 18.7 Å². The lowest BCUT2D eigenvalue weighted by molar-refractivity contribution is -0.123. The number of carbonyl (C=O) groups excluding carboxylic acids is 2. The van der Waals surface area contributed by atoms with Gasteiger partial charge < -0.3 is 25.0 Å². The fraction of sp³-hybridized carbons (Fsp3) is 0.487. The van der Waals surface area contributed by atoms with Crippen LogP contribution in [0.25, 0.3) is 22.3 Å². The number of imidazole rings is 1. The monoisotopic (exact) mass is 683 g/mol. The number of halogens is 2. The highest BCUT2D eigenvalue weighted by molar-refractivity contribution is 6.09. The third kappa shape index (κ3) is 6.25. The van der Waals surface area contributed by atoms with Gasteiger partial charge in [0, 0.05) is 53.6 Å². The first-order chi connectivity index (χ1) is 23.9. The van der Waals surface area contributed by atoms with Crippen LogP contribution in [0.3, 0.4) is 0 Å². The van der Waals surface area contributed by atoms with E-state index in [0.717, 1.165) is 59.3 Å². The standard InChI is InChI=1S/C39H47F2N7O2/c1-23(2)47-22-43-32-21-31(45-36(35(32)47)44-26-11-9-24(3)29(18-26)37(49)42-14-13-34(40)41)25-10-12-30-33(17-25)48(38(50)39(30,4)5)28-19-27(20-28)46-15-7-6-8-16-46/h9-12,17-18,21-23,27-28,34H,6-8,13-16,19-20H2,1-5H3,(H,42,49)(H,44,45)/t27-,28+. The van der Waals surface area contributed by atoms with Crippen molar-refractivity contribution >= 4 is 40.0 Å². The number of likely N-dealkylation sites (tertiary alicyclic amines) is 1. The quantitative estimate of drug-likeness (QED) is 0.178. The van der Waals surface area contributed by atoms with Crippen molar-refractivity contribution in [3.8, 4) is 11.3 Å². The maximum Gasteiger partial charge on any atom is 0.251 e. The van der Waals surface area contributed by atoms with Gasteiger partial charge in [0.2, 0.25) is 12.3 Å². The minimum atomic E-state index is -2.48. The lowest BCUT2D eigenvalue weighted by atomic mass is 9.82. The number of anilines is 3. The molecular weight excluding hydrogens is 636 g/mol. The van der Waals surface area contributed by atoms with Gasteiger partial charge in [-0.15, -0.1) is 0 Å². The van der Waals surface area contributed by atoms with E-state index in [9.17, 15) is 18.4 Å². The van der Waals surface area contributed by atoms with Crippen molar-refractivity contribution in [2.24, 2.45) is 0 Å². The summed E-state index contributed by atoms with van der Waals surface area (Å²) in [6.45, 7) is 12.2. The number of benzene rings is 2. The minimum Gasteiger partial charge on any atom is -0.352 e. The molecule has 0 atom stereocenters. The van der Waals surface area contributed by atoms with Crippen molar-refractivity contribution in [2.75, 3.05) is 29.9 Å². The number of carbonyl (C=O) groups is 2. The number of fused-ring (bicyclic) bond motifs is 2. The summed E-state index contributed by atoms with van der Waals surface area (Å²) < 4.78 is 27.4. The summed E-state index contributed by atoms with van der Waals surface area (Å²) in [5.41, 5.74) is 6.35. The summed E-state index contributed by atoms with van der Waals surface area (Å²) in [6.07, 6.45) is 4.76. The average Bonchev–Trinajstić information content (AvgIpc) is 3.59. The fourth-order valence-electron chi connectivity index (χ4n) is 7.82. The molecule has 2 aromatic carbocycles. The lowest BCUT2D eigenvalue weighted by Gasteiger charge is -2.48. The Morgan fingerprint density at radius 1 is 1.02 bits per heavy atom. The number of aryl methyl sites for hydroxylation is 1.